The molecule has 0 amide bonds. The van der Waals surface area contributed by atoms with Crippen molar-refractivity contribution in [2.45, 2.75) is 11.7 Å². The number of fused-ring (bicyclic) bond motifs is 2. The van der Waals surface area contributed by atoms with E-state index in [1.165, 1.54) is 0 Å². The third kappa shape index (κ3) is 1.50. The zero-order valence-corrected chi connectivity index (χ0v) is 11.3. The molecule has 100 valence electrons. The van der Waals surface area contributed by atoms with Crippen LogP contribution in [0.15, 0.2) is 40.3 Å². The molecular formula is C13H11N5OS. The van der Waals surface area contributed by atoms with Gasteiger partial charge in [-0.05, 0) is 12.1 Å². The summed E-state index contributed by atoms with van der Waals surface area (Å²) in [5.74, 6) is 1.10. The van der Waals surface area contributed by atoms with Gasteiger partial charge in [0.25, 0.3) is 5.56 Å². The lowest BCUT2D eigenvalue weighted by atomic mass is 10.3. The molecule has 1 aliphatic rings. The highest BCUT2D eigenvalue weighted by molar-refractivity contribution is 7.99. The number of hydrogen-bond acceptors (Lipinski definition) is 5. The Morgan fingerprint density at radius 2 is 2.05 bits per heavy atom. The largest absolute Gasteiger partial charge is 0.381 e. The van der Waals surface area contributed by atoms with Crippen molar-refractivity contribution < 1.29 is 0 Å². The topological polar surface area (TPSA) is 78.7 Å². The average molecular weight is 285 g/mol. The summed E-state index contributed by atoms with van der Waals surface area (Å²) in [4.78, 5) is 17.0. The van der Waals surface area contributed by atoms with Gasteiger partial charge in [0, 0.05) is 12.3 Å². The Bertz CT molecular complexity index is 868. The number of thioether (sulfide) groups is 1. The standard InChI is InChI=1S/C13H11N5OS/c14-10-9-11(15-13-17(12(9)19)6-7-20-13)18(16-10)8-4-2-1-3-5-8/h1-5H,6-7H2,(H2,14,16). The highest BCUT2D eigenvalue weighted by Gasteiger charge is 2.22. The second-order valence-corrected chi connectivity index (χ2v) is 5.59. The first-order chi connectivity index (χ1) is 9.75. The van der Waals surface area contributed by atoms with Crippen molar-refractivity contribution in [3.63, 3.8) is 0 Å². The maximum absolute atomic E-state index is 12.5. The molecule has 2 N–H and O–H groups in total. The SMILES string of the molecule is Nc1nn(-c2ccccc2)c2nc3n(c(=O)c12)CCS3. The van der Waals surface area contributed by atoms with Crippen LogP contribution in [0.2, 0.25) is 0 Å². The predicted octanol–water partition coefficient (Wildman–Crippen LogP) is 1.27. The maximum atomic E-state index is 12.5. The van der Waals surface area contributed by atoms with Gasteiger partial charge in [0.15, 0.2) is 16.6 Å². The highest BCUT2D eigenvalue weighted by Crippen LogP contribution is 2.26. The predicted molar refractivity (Wildman–Crippen MR) is 78.3 cm³/mol. The zero-order valence-electron chi connectivity index (χ0n) is 10.5. The maximum Gasteiger partial charge on any atom is 0.267 e. The van der Waals surface area contributed by atoms with Crippen LogP contribution in [0, 0.1) is 0 Å². The fraction of sp³-hybridized carbons (Fsp3) is 0.154. The molecular weight excluding hydrogens is 274 g/mol. The zero-order chi connectivity index (χ0) is 13.7. The molecule has 3 aromatic rings. The average Bonchev–Trinajstić information content (AvgIpc) is 3.05. The minimum atomic E-state index is -0.102. The molecule has 0 spiro atoms. The van der Waals surface area contributed by atoms with E-state index in [0.29, 0.717) is 17.6 Å². The minimum absolute atomic E-state index is 0.102. The summed E-state index contributed by atoms with van der Waals surface area (Å²) in [6.07, 6.45) is 0. The lowest BCUT2D eigenvalue weighted by Crippen LogP contribution is -2.20. The van der Waals surface area contributed by atoms with Gasteiger partial charge in [-0.1, -0.05) is 30.0 Å². The van der Waals surface area contributed by atoms with E-state index in [2.05, 4.69) is 10.1 Å². The number of hydrogen-bond donors (Lipinski definition) is 1. The Kier molecular flexibility index (Phi) is 2.37. The van der Waals surface area contributed by atoms with Gasteiger partial charge in [0.1, 0.15) is 5.39 Å². The number of benzene rings is 1. The van der Waals surface area contributed by atoms with Crippen LogP contribution >= 0.6 is 11.8 Å². The monoisotopic (exact) mass is 285 g/mol. The van der Waals surface area contributed by atoms with Crippen LogP contribution in [-0.2, 0) is 6.54 Å². The number of rotatable bonds is 1. The van der Waals surface area contributed by atoms with Gasteiger partial charge in [-0.15, -0.1) is 5.10 Å². The van der Waals surface area contributed by atoms with Gasteiger partial charge in [-0.25, -0.2) is 9.67 Å². The highest BCUT2D eigenvalue weighted by atomic mass is 32.2. The van der Waals surface area contributed by atoms with E-state index >= 15 is 0 Å². The summed E-state index contributed by atoms with van der Waals surface area (Å²) in [6.45, 7) is 0.678. The first-order valence-corrected chi connectivity index (χ1v) is 7.21. The summed E-state index contributed by atoms with van der Waals surface area (Å²) in [6, 6.07) is 9.56. The Hall–Kier alpha value is -2.28. The number of anilines is 1. The molecule has 1 aromatic carbocycles. The summed E-state index contributed by atoms with van der Waals surface area (Å²) in [5, 5.41) is 5.41. The quantitative estimate of drug-likeness (QED) is 0.681. The number of nitrogens with two attached hydrogens (primary N) is 1. The number of nitrogen functional groups attached to an aromatic ring is 1. The van der Waals surface area contributed by atoms with Gasteiger partial charge >= 0.3 is 0 Å². The molecule has 6 nitrogen and oxygen atoms in total. The van der Waals surface area contributed by atoms with Crippen LogP contribution in [0.3, 0.4) is 0 Å². The fourth-order valence-corrected chi connectivity index (χ4v) is 3.33. The third-order valence-corrected chi connectivity index (χ3v) is 4.28. The molecule has 0 radical (unpaired) electrons. The smallest absolute Gasteiger partial charge is 0.267 e. The number of aromatic nitrogens is 4. The van der Waals surface area contributed by atoms with Crippen LogP contribution in [0.5, 0.6) is 0 Å². The van der Waals surface area contributed by atoms with Gasteiger partial charge < -0.3 is 5.73 Å². The van der Waals surface area contributed by atoms with Gasteiger partial charge in [-0.3, -0.25) is 9.36 Å². The second kappa shape index (κ2) is 4.11. The molecule has 0 bridgehead atoms. The molecule has 0 saturated carbocycles. The molecule has 0 unspecified atom stereocenters. The summed E-state index contributed by atoms with van der Waals surface area (Å²) >= 11 is 1.58. The van der Waals surface area contributed by atoms with Crippen LogP contribution in [0.1, 0.15) is 0 Å². The van der Waals surface area contributed by atoms with Gasteiger partial charge in [0.05, 0.1) is 5.69 Å². The van der Waals surface area contributed by atoms with Crippen molar-refractivity contribution in [1.82, 2.24) is 19.3 Å². The molecule has 7 heteroatoms. The number of para-hydroxylation sites is 1. The van der Waals surface area contributed by atoms with Crippen molar-refractivity contribution in [3.05, 3.63) is 40.7 Å². The summed E-state index contributed by atoms with van der Waals surface area (Å²) in [7, 11) is 0. The van der Waals surface area contributed by atoms with Crippen molar-refractivity contribution in [2.75, 3.05) is 11.5 Å². The summed E-state index contributed by atoms with van der Waals surface area (Å²) < 4.78 is 3.30. The Labute approximate surface area is 118 Å². The molecule has 0 saturated heterocycles. The lowest BCUT2D eigenvalue weighted by molar-refractivity contribution is 0.666. The van der Waals surface area contributed by atoms with Crippen LogP contribution in [-0.4, -0.2) is 25.1 Å². The van der Waals surface area contributed by atoms with Crippen molar-refractivity contribution in [2.24, 2.45) is 0 Å². The fourth-order valence-electron chi connectivity index (χ4n) is 2.39. The minimum Gasteiger partial charge on any atom is -0.381 e. The van der Waals surface area contributed by atoms with Crippen LogP contribution in [0.4, 0.5) is 5.82 Å². The van der Waals surface area contributed by atoms with Crippen LogP contribution < -0.4 is 11.3 Å². The number of nitrogens with zero attached hydrogens (tertiary/aromatic N) is 4. The molecule has 3 heterocycles. The third-order valence-electron chi connectivity index (χ3n) is 3.33. The molecule has 2 aromatic heterocycles. The molecule has 4 rings (SSSR count). The second-order valence-electron chi connectivity index (χ2n) is 4.53. The van der Waals surface area contributed by atoms with Crippen molar-refractivity contribution in [3.8, 4) is 5.69 Å². The van der Waals surface area contributed by atoms with E-state index in [4.69, 9.17) is 5.73 Å². The Balaban J connectivity index is 2.10. The van der Waals surface area contributed by atoms with Gasteiger partial charge in [0.2, 0.25) is 0 Å². The molecule has 0 atom stereocenters. The van der Waals surface area contributed by atoms with Gasteiger partial charge in [-0.2, -0.15) is 0 Å². The Morgan fingerprint density at radius 1 is 1.25 bits per heavy atom. The van der Waals surface area contributed by atoms with E-state index in [1.807, 2.05) is 30.3 Å². The Morgan fingerprint density at radius 3 is 2.85 bits per heavy atom. The molecule has 0 fully saturated rings. The van der Waals surface area contributed by atoms with E-state index in [-0.39, 0.29) is 11.4 Å². The van der Waals surface area contributed by atoms with Crippen molar-refractivity contribution >= 4 is 28.6 Å². The van der Waals surface area contributed by atoms with Crippen molar-refractivity contribution in [1.29, 1.82) is 0 Å². The van der Waals surface area contributed by atoms with E-state index in [0.717, 1.165) is 16.6 Å². The van der Waals surface area contributed by atoms with Crippen LogP contribution in [0.25, 0.3) is 16.7 Å². The van der Waals surface area contributed by atoms with E-state index in [9.17, 15) is 4.79 Å². The molecule has 20 heavy (non-hydrogen) atoms. The molecule has 0 aliphatic carbocycles. The molecule has 1 aliphatic heterocycles. The lowest BCUT2D eigenvalue weighted by Gasteiger charge is -2.04. The first-order valence-electron chi connectivity index (χ1n) is 6.23. The summed E-state index contributed by atoms with van der Waals surface area (Å²) in [5.41, 5.74) is 7.18. The van der Waals surface area contributed by atoms with E-state index in [1.54, 1.807) is 21.0 Å². The normalized spacial score (nSPS) is 13.8. The van der Waals surface area contributed by atoms with E-state index < -0.39 is 0 Å². The first kappa shape index (κ1) is 11.5.